The highest BCUT2D eigenvalue weighted by atomic mass is 19.4. The zero-order chi connectivity index (χ0) is 27.6. The number of rotatable bonds is 5. The largest absolute Gasteiger partial charge is 0.516 e. The molecule has 0 radical (unpaired) electrons. The highest BCUT2D eigenvalue weighted by Gasteiger charge is 2.53. The zero-order valence-corrected chi connectivity index (χ0v) is 21.2. The number of hydrogen-bond donors (Lipinski definition) is 2. The van der Waals surface area contributed by atoms with Crippen LogP contribution in [0.1, 0.15) is 52.5 Å². The van der Waals surface area contributed by atoms with Crippen LogP contribution in [0.2, 0.25) is 0 Å². The van der Waals surface area contributed by atoms with Crippen LogP contribution in [0.25, 0.3) is 0 Å². The number of anilines is 1. The van der Waals surface area contributed by atoms with E-state index >= 15 is 0 Å². The van der Waals surface area contributed by atoms with Crippen molar-refractivity contribution in [1.29, 1.82) is 0 Å². The number of likely N-dealkylation sites (tertiary alicyclic amines) is 1. The highest BCUT2D eigenvalue weighted by molar-refractivity contribution is 5.60. The van der Waals surface area contributed by atoms with Crippen molar-refractivity contribution in [2.75, 3.05) is 19.3 Å². The summed E-state index contributed by atoms with van der Waals surface area (Å²) in [5.41, 5.74) is 7.00. The number of quaternary nitrogens is 1. The number of nitrogens with one attached hydrogen (secondary N) is 1. The fraction of sp³-hybridized carbons (Fsp3) is 0.286. The number of aromatic amines is 1. The molecule has 4 unspecified atom stereocenters. The van der Waals surface area contributed by atoms with Gasteiger partial charge in [-0.2, -0.15) is 18.0 Å². The first-order valence-corrected chi connectivity index (χ1v) is 12.5. The highest BCUT2D eigenvalue weighted by Crippen LogP contribution is 2.49. The molecule has 1 aliphatic heterocycles. The number of nitrogens with zero attached hydrogens (tertiary/aromatic N) is 4. The maximum absolute atomic E-state index is 13.8. The Bertz CT molecular complexity index is 1430. The quantitative estimate of drug-likeness (QED) is 0.321. The molecule has 0 aliphatic carbocycles. The molecule has 0 bridgehead atoms. The molecule has 1 fully saturated rings. The second-order valence-electron chi connectivity index (χ2n) is 9.89. The SMILES string of the molecule is C[N+]1(C(=O)OCc2ccccc2)CC(c2cccc(C(F)(F)F)c2)C(c2ccnc(N)n2)CC1c1ncc[nH]1. The lowest BCUT2D eigenvalue weighted by Crippen LogP contribution is -2.58. The number of imidazole rings is 1. The summed E-state index contributed by atoms with van der Waals surface area (Å²) < 4.78 is 46.6. The van der Waals surface area contributed by atoms with E-state index in [0.717, 1.165) is 17.7 Å². The fourth-order valence-corrected chi connectivity index (χ4v) is 5.42. The number of hydrogen-bond acceptors (Lipinski definition) is 6. The average Bonchev–Trinajstić information content (AvgIpc) is 3.46. The van der Waals surface area contributed by atoms with E-state index in [1.807, 2.05) is 30.3 Å². The molecule has 11 heteroatoms. The Hall–Kier alpha value is -4.25. The first-order chi connectivity index (χ1) is 18.6. The van der Waals surface area contributed by atoms with Gasteiger partial charge in [0, 0.05) is 36.8 Å². The monoisotopic (exact) mass is 537 g/mol. The van der Waals surface area contributed by atoms with Gasteiger partial charge in [-0.3, -0.25) is 0 Å². The molecule has 1 saturated heterocycles. The van der Waals surface area contributed by atoms with Crippen LogP contribution in [0.4, 0.5) is 23.9 Å². The smallest absolute Gasteiger partial charge is 0.415 e. The van der Waals surface area contributed by atoms with Gasteiger partial charge in [-0.1, -0.05) is 48.5 Å². The van der Waals surface area contributed by atoms with Crippen molar-refractivity contribution in [2.45, 2.75) is 37.1 Å². The van der Waals surface area contributed by atoms with Gasteiger partial charge in [-0.15, -0.1) is 0 Å². The number of piperidine rings is 1. The van der Waals surface area contributed by atoms with E-state index < -0.39 is 29.8 Å². The molecule has 3 heterocycles. The molecule has 3 N–H and O–H groups in total. The number of halogens is 3. The number of ether oxygens (including phenoxy) is 1. The number of amides is 1. The van der Waals surface area contributed by atoms with Crippen molar-refractivity contribution in [2.24, 2.45) is 0 Å². The molecular formula is C28H28F3N6O2+. The lowest BCUT2D eigenvalue weighted by molar-refractivity contribution is -0.878. The van der Waals surface area contributed by atoms with Crippen LogP contribution < -0.4 is 5.73 Å². The third-order valence-corrected chi connectivity index (χ3v) is 7.40. The maximum Gasteiger partial charge on any atom is 0.516 e. The van der Waals surface area contributed by atoms with E-state index in [1.54, 1.807) is 31.6 Å². The maximum atomic E-state index is 13.8. The second-order valence-corrected chi connectivity index (χ2v) is 9.89. The summed E-state index contributed by atoms with van der Waals surface area (Å²) in [4.78, 5) is 29.7. The molecule has 1 amide bonds. The van der Waals surface area contributed by atoms with E-state index in [4.69, 9.17) is 10.5 Å². The number of benzene rings is 2. The zero-order valence-electron chi connectivity index (χ0n) is 21.2. The molecule has 0 saturated carbocycles. The number of nitrogens with two attached hydrogens (primary N) is 1. The molecule has 8 nitrogen and oxygen atoms in total. The molecule has 39 heavy (non-hydrogen) atoms. The molecule has 2 aromatic heterocycles. The predicted octanol–water partition coefficient (Wildman–Crippen LogP) is 5.60. The minimum absolute atomic E-state index is 0.0648. The Kier molecular flexibility index (Phi) is 7.09. The van der Waals surface area contributed by atoms with Gasteiger partial charge >= 0.3 is 12.3 Å². The molecule has 4 atom stereocenters. The standard InChI is InChI=1S/C28H28F3N6O2/c1-37(27(38)39-17-18-6-3-2-4-7-18)16-22(19-8-5-9-20(14-19)28(29,30)31)21(23-10-11-35-26(32)36-23)15-24(37)25-33-12-13-34-25/h2-14,21-22,24H,15-17H2,1H3,(H,33,34)(H2,32,35,36)/q+1. The number of nitrogen functional groups attached to an aromatic ring is 1. The van der Waals surface area contributed by atoms with Gasteiger partial charge in [-0.05, 0) is 23.3 Å². The van der Waals surface area contributed by atoms with Gasteiger partial charge in [0.2, 0.25) is 5.95 Å². The van der Waals surface area contributed by atoms with Crippen LogP contribution in [-0.4, -0.2) is 44.1 Å². The summed E-state index contributed by atoms with van der Waals surface area (Å²) in [6, 6.07) is 15.8. The topological polar surface area (TPSA) is 107 Å². The molecule has 4 aromatic rings. The Morgan fingerprint density at radius 3 is 2.56 bits per heavy atom. The summed E-state index contributed by atoms with van der Waals surface area (Å²) in [7, 11) is 1.74. The van der Waals surface area contributed by atoms with E-state index in [0.29, 0.717) is 23.5 Å². The van der Waals surface area contributed by atoms with Crippen LogP contribution in [0.15, 0.2) is 79.3 Å². The molecule has 5 rings (SSSR count). The lowest BCUT2D eigenvalue weighted by Gasteiger charge is -2.46. The summed E-state index contributed by atoms with van der Waals surface area (Å²) in [6.45, 7) is 0.216. The van der Waals surface area contributed by atoms with Crippen molar-refractivity contribution < 1.29 is 27.2 Å². The molecule has 2 aromatic carbocycles. The second kappa shape index (κ2) is 10.5. The van der Waals surface area contributed by atoms with Crippen molar-refractivity contribution >= 4 is 12.0 Å². The number of aromatic nitrogens is 4. The van der Waals surface area contributed by atoms with Gasteiger partial charge in [0.05, 0.1) is 24.8 Å². The summed E-state index contributed by atoms with van der Waals surface area (Å²) in [6.07, 6.45) is 0.138. The molecule has 0 spiro atoms. The number of alkyl halides is 3. The molecule has 202 valence electrons. The van der Waals surface area contributed by atoms with E-state index in [1.165, 1.54) is 12.3 Å². The third kappa shape index (κ3) is 5.49. The minimum atomic E-state index is -4.51. The van der Waals surface area contributed by atoms with E-state index in [9.17, 15) is 18.0 Å². The first kappa shape index (κ1) is 26.4. The van der Waals surface area contributed by atoms with E-state index in [-0.39, 0.29) is 29.5 Å². The van der Waals surface area contributed by atoms with Crippen LogP contribution in [0, 0.1) is 0 Å². The van der Waals surface area contributed by atoms with Gasteiger partial charge in [0.15, 0.2) is 11.9 Å². The summed E-state index contributed by atoms with van der Waals surface area (Å²) >= 11 is 0. The number of H-pyrrole nitrogens is 1. The lowest BCUT2D eigenvalue weighted by atomic mass is 9.74. The minimum Gasteiger partial charge on any atom is -0.415 e. The molecule has 1 aliphatic rings. The van der Waals surface area contributed by atoms with E-state index in [2.05, 4.69) is 19.9 Å². The number of carbonyl (C=O) groups excluding carboxylic acids is 1. The van der Waals surface area contributed by atoms with Gasteiger partial charge in [0.1, 0.15) is 6.61 Å². The van der Waals surface area contributed by atoms with Crippen LogP contribution in [0.3, 0.4) is 0 Å². The Labute approximate surface area is 223 Å². The Balaban J connectivity index is 1.57. The third-order valence-electron chi connectivity index (χ3n) is 7.40. The predicted molar refractivity (Wildman–Crippen MR) is 137 cm³/mol. The van der Waals surface area contributed by atoms with Gasteiger partial charge in [0.25, 0.3) is 0 Å². The number of likely N-dealkylation sites (N-methyl/N-ethyl adjacent to an activating group) is 1. The normalized spacial score (nSPS) is 23.3. The Morgan fingerprint density at radius 1 is 1.08 bits per heavy atom. The van der Waals surface area contributed by atoms with Crippen molar-refractivity contribution in [3.8, 4) is 0 Å². The van der Waals surface area contributed by atoms with Gasteiger partial charge < -0.3 is 15.5 Å². The van der Waals surface area contributed by atoms with Gasteiger partial charge in [-0.25, -0.2) is 19.4 Å². The average molecular weight is 538 g/mol. The fourth-order valence-electron chi connectivity index (χ4n) is 5.42. The first-order valence-electron chi connectivity index (χ1n) is 12.5. The Morgan fingerprint density at radius 2 is 1.87 bits per heavy atom. The van der Waals surface area contributed by atoms with Crippen molar-refractivity contribution in [1.82, 2.24) is 19.9 Å². The summed E-state index contributed by atoms with van der Waals surface area (Å²) in [5, 5.41) is 0. The summed E-state index contributed by atoms with van der Waals surface area (Å²) in [5.74, 6) is -0.247. The molecular weight excluding hydrogens is 509 g/mol. The van der Waals surface area contributed by atoms with Crippen molar-refractivity contribution in [3.63, 3.8) is 0 Å². The number of carbonyl (C=O) groups is 1. The van der Waals surface area contributed by atoms with Crippen LogP contribution >= 0.6 is 0 Å². The van der Waals surface area contributed by atoms with Crippen molar-refractivity contribution in [3.05, 3.63) is 107 Å². The van der Waals surface area contributed by atoms with Crippen LogP contribution in [0.5, 0.6) is 0 Å². The van der Waals surface area contributed by atoms with Crippen LogP contribution in [-0.2, 0) is 17.5 Å².